The minimum absolute atomic E-state index is 0.0891. The van der Waals surface area contributed by atoms with E-state index in [1.165, 1.54) is 4.90 Å². The summed E-state index contributed by atoms with van der Waals surface area (Å²) in [5.74, 6) is -0.871. The Labute approximate surface area is 113 Å². The van der Waals surface area contributed by atoms with E-state index in [-0.39, 0.29) is 42.4 Å². The van der Waals surface area contributed by atoms with Crippen molar-refractivity contribution in [1.82, 2.24) is 9.97 Å². The summed E-state index contributed by atoms with van der Waals surface area (Å²) in [6.07, 6.45) is 1.30. The summed E-state index contributed by atoms with van der Waals surface area (Å²) in [7, 11) is 0. The van der Waals surface area contributed by atoms with Crippen molar-refractivity contribution in [1.29, 1.82) is 0 Å². The number of hydrogen-bond acceptors (Lipinski definition) is 5. The van der Waals surface area contributed by atoms with E-state index in [4.69, 9.17) is 16.3 Å². The van der Waals surface area contributed by atoms with Gasteiger partial charge in [0.2, 0.25) is 11.9 Å². The van der Waals surface area contributed by atoms with E-state index in [1.807, 2.05) is 0 Å². The van der Waals surface area contributed by atoms with Crippen LogP contribution in [0.15, 0.2) is 11.0 Å². The Hall–Kier alpha value is -1.89. The van der Waals surface area contributed by atoms with Crippen molar-refractivity contribution in [3.63, 3.8) is 0 Å². The number of carbonyl (C=O) groups excluding carboxylic acids is 2. The SMILES string of the molecule is CCOC(=O)c1cnc(N2CC(Cl)CC2=O)[nH]c1=O. The van der Waals surface area contributed by atoms with E-state index in [0.717, 1.165) is 6.20 Å². The number of anilines is 1. The molecule has 1 unspecified atom stereocenters. The van der Waals surface area contributed by atoms with Crippen LogP contribution in [-0.4, -0.2) is 40.4 Å². The number of nitrogens with zero attached hydrogens (tertiary/aromatic N) is 2. The average Bonchev–Trinajstić information content (AvgIpc) is 2.68. The van der Waals surface area contributed by atoms with Gasteiger partial charge in [-0.1, -0.05) is 0 Å². The standard InChI is InChI=1S/C11H12ClN3O4/c1-2-19-10(18)7-4-13-11(14-9(7)17)15-5-6(12)3-8(15)16/h4,6H,2-3,5H2,1H3,(H,13,14,17). The Morgan fingerprint density at radius 3 is 2.89 bits per heavy atom. The second kappa shape index (κ2) is 5.40. The monoisotopic (exact) mass is 285 g/mol. The summed E-state index contributed by atoms with van der Waals surface area (Å²) in [4.78, 5) is 42.3. The maximum Gasteiger partial charge on any atom is 0.345 e. The van der Waals surface area contributed by atoms with E-state index < -0.39 is 11.5 Å². The minimum Gasteiger partial charge on any atom is -0.462 e. The van der Waals surface area contributed by atoms with E-state index >= 15 is 0 Å². The molecule has 2 heterocycles. The lowest BCUT2D eigenvalue weighted by atomic mass is 10.3. The second-order valence-corrected chi connectivity index (χ2v) is 4.59. The number of ether oxygens (including phenoxy) is 1. The molecule has 0 bridgehead atoms. The molecule has 8 heteroatoms. The number of rotatable bonds is 3. The first-order valence-corrected chi connectivity index (χ1v) is 6.17. The van der Waals surface area contributed by atoms with Gasteiger partial charge in [-0.15, -0.1) is 11.6 Å². The third-order valence-corrected chi connectivity index (χ3v) is 2.91. The fourth-order valence-corrected chi connectivity index (χ4v) is 2.02. The van der Waals surface area contributed by atoms with Gasteiger partial charge in [-0.05, 0) is 6.92 Å². The van der Waals surface area contributed by atoms with Crippen molar-refractivity contribution in [3.05, 3.63) is 22.1 Å². The highest BCUT2D eigenvalue weighted by Crippen LogP contribution is 2.20. The maximum atomic E-state index is 11.7. The lowest BCUT2D eigenvalue weighted by Crippen LogP contribution is -2.30. The summed E-state index contributed by atoms with van der Waals surface area (Å²) < 4.78 is 4.71. The predicted octanol–water partition coefficient (Wildman–Crippen LogP) is 0.291. The largest absolute Gasteiger partial charge is 0.462 e. The maximum absolute atomic E-state index is 11.7. The van der Waals surface area contributed by atoms with Crippen LogP contribution in [0.1, 0.15) is 23.7 Å². The Morgan fingerprint density at radius 1 is 1.63 bits per heavy atom. The third-order valence-electron chi connectivity index (χ3n) is 2.61. The highest BCUT2D eigenvalue weighted by Gasteiger charge is 2.31. The Balaban J connectivity index is 2.27. The third kappa shape index (κ3) is 2.76. The number of esters is 1. The number of aromatic nitrogens is 2. The zero-order valence-electron chi connectivity index (χ0n) is 10.2. The molecule has 1 atom stereocenters. The number of aromatic amines is 1. The van der Waals surface area contributed by atoms with Gasteiger partial charge in [-0.3, -0.25) is 19.5 Å². The molecule has 1 N–H and O–H groups in total. The molecular weight excluding hydrogens is 274 g/mol. The van der Waals surface area contributed by atoms with Gasteiger partial charge in [0, 0.05) is 13.0 Å². The number of halogens is 1. The van der Waals surface area contributed by atoms with Crippen molar-refractivity contribution in [3.8, 4) is 0 Å². The molecule has 1 saturated heterocycles. The molecule has 1 aliphatic rings. The van der Waals surface area contributed by atoms with Crippen LogP contribution in [0.3, 0.4) is 0 Å². The summed E-state index contributed by atoms with van der Waals surface area (Å²) >= 11 is 5.86. The number of carbonyl (C=O) groups is 2. The molecule has 0 aromatic carbocycles. The smallest absolute Gasteiger partial charge is 0.345 e. The first-order chi connectivity index (χ1) is 9.02. The van der Waals surface area contributed by atoms with Crippen LogP contribution in [0.4, 0.5) is 5.95 Å². The Kier molecular flexibility index (Phi) is 3.84. The van der Waals surface area contributed by atoms with Crippen LogP contribution >= 0.6 is 11.6 Å². The molecule has 1 fully saturated rings. The molecule has 19 heavy (non-hydrogen) atoms. The van der Waals surface area contributed by atoms with E-state index in [2.05, 4.69) is 9.97 Å². The molecular formula is C11H12ClN3O4. The summed E-state index contributed by atoms with van der Waals surface area (Å²) in [5.41, 5.74) is -0.839. The van der Waals surface area contributed by atoms with Gasteiger partial charge in [0.1, 0.15) is 5.56 Å². The fourth-order valence-electron chi connectivity index (χ4n) is 1.75. The van der Waals surface area contributed by atoms with Crippen molar-refractivity contribution < 1.29 is 14.3 Å². The van der Waals surface area contributed by atoms with Crippen LogP contribution in [0, 0.1) is 0 Å². The first-order valence-electron chi connectivity index (χ1n) is 5.73. The summed E-state index contributed by atoms with van der Waals surface area (Å²) in [6.45, 7) is 2.08. The highest BCUT2D eigenvalue weighted by molar-refractivity contribution is 6.24. The quantitative estimate of drug-likeness (QED) is 0.636. The Morgan fingerprint density at radius 2 is 2.37 bits per heavy atom. The molecule has 0 spiro atoms. The lowest BCUT2D eigenvalue weighted by molar-refractivity contribution is -0.117. The van der Waals surface area contributed by atoms with Crippen molar-refractivity contribution >= 4 is 29.4 Å². The summed E-state index contributed by atoms with van der Waals surface area (Å²) in [6, 6.07) is 0. The van der Waals surface area contributed by atoms with Crippen LogP contribution in [0.25, 0.3) is 0 Å². The zero-order chi connectivity index (χ0) is 14.0. The van der Waals surface area contributed by atoms with Gasteiger partial charge in [0.15, 0.2) is 0 Å². The highest BCUT2D eigenvalue weighted by atomic mass is 35.5. The number of amides is 1. The molecule has 102 valence electrons. The van der Waals surface area contributed by atoms with Crippen LogP contribution < -0.4 is 10.5 Å². The average molecular weight is 286 g/mol. The van der Waals surface area contributed by atoms with E-state index in [1.54, 1.807) is 6.92 Å². The fraction of sp³-hybridized carbons (Fsp3) is 0.455. The van der Waals surface area contributed by atoms with Crippen LogP contribution in [-0.2, 0) is 9.53 Å². The van der Waals surface area contributed by atoms with Gasteiger partial charge in [0.25, 0.3) is 5.56 Å². The van der Waals surface area contributed by atoms with Crippen molar-refractivity contribution in [2.45, 2.75) is 18.7 Å². The van der Waals surface area contributed by atoms with E-state index in [0.29, 0.717) is 0 Å². The molecule has 0 saturated carbocycles. The number of alkyl halides is 1. The van der Waals surface area contributed by atoms with Crippen molar-refractivity contribution in [2.24, 2.45) is 0 Å². The number of nitrogens with one attached hydrogen (secondary N) is 1. The summed E-state index contributed by atoms with van der Waals surface area (Å²) in [5, 5.41) is -0.303. The molecule has 1 aromatic rings. The molecule has 0 aliphatic carbocycles. The number of H-pyrrole nitrogens is 1. The molecule has 7 nitrogen and oxygen atoms in total. The molecule has 1 amide bonds. The molecule has 1 aromatic heterocycles. The lowest BCUT2D eigenvalue weighted by Gasteiger charge is -2.13. The minimum atomic E-state index is -0.745. The molecule has 0 radical (unpaired) electrons. The topological polar surface area (TPSA) is 92.4 Å². The first kappa shape index (κ1) is 13.5. The number of hydrogen-bond donors (Lipinski definition) is 1. The molecule has 1 aliphatic heterocycles. The normalized spacial score (nSPS) is 18.7. The second-order valence-electron chi connectivity index (χ2n) is 3.98. The Bertz CT molecular complexity index is 571. The van der Waals surface area contributed by atoms with Gasteiger partial charge in [-0.25, -0.2) is 9.78 Å². The van der Waals surface area contributed by atoms with E-state index in [9.17, 15) is 14.4 Å². The zero-order valence-corrected chi connectivity index (χ0v) is 10.9. The van der Waals surface area contributed by atoms with Gasteiger partial charge in [-0.2, -0.15) is 0 Å². The van der Waals surface area contributed by atoms with Crippen molar-refractivity contribution in [2.75, 3.05) is 18.1 Å². The predicted molar refractivity (Wildman–Crippen MR) is 67.4 cm³/mol. The van der Waals surface area contributed by atoms with Crippen LogP contribution in [0.2, 0.25) is 0 Å². The van der Waals surface area contributed by atoms with Gasteiger partial charge < -0.3 is 4.74 Å². The van der Waals surface area contributed by atoms with Crippen LogP contribution in [0.5, 0.6) is 0 Å². The molecule has 2 rings (SSSR count). The van der Waals surface area contributed by atoms with Gasteiger partial charge in [0.05, 0.1) is 18.2 Å². The van der Waals surface area contributed by atoms with Gasteiger partial charge >= 0.3 is 5.97 Å².